The number of benzene rings is 1. The van der Waals surface area contributed by atoms with Gasteiger partial charge in [0.05, 0.1) is 12.7 Å². The van der Waals surface area contributed by atoms with Crippen molar-refractivity contribution in [1.29, 1.82) is 0 Å². The average Bonchev–Trinajstić information content (AvgIpc) is 3.21. The molecule has 3 heterocycles. The van der Waals surface area contributed by atoms with E-state index in [0.717, 1.165) is 22.1 Å². The Morgan fingerprint density at radius 1 is 1.27 bits per heavy atom. The highest BCUT2D eigenvalue weighted by molar-refractivity contribution is 7.73. The summed E-state index contributed by atoms with van der Waals surface area (Å²) in [5.41, 5.74) is 2.75. The molecule has 1 aromatic carbocycles. The van der Waals surface area contributed by atoms with Crippen LogP contribution in [0.25, 0.3) is 0 Å². The fourth-order valence-electron chi connectivity index (χ4n) is 3.42. The lowest BCUT2D eigenvalue weighted by Crippen LogP contribution is -2.37. The van der Waals surface area contributed by atoms with E-state index in [1.807, 2.05) is 16.0 Å². The Kier molecular flexibility index (Phi) is 5.22. The van der Waals surface area contributed by atoms with Crippen molar-refractivity contribution in [3.8, 4) is 0 Å². The summed E-state index contributed by atoms with van der Waals surface area (Å²) >= 11 is 8.98. The molecule has 0 radical (unpaired) electrons. The Bertz CT molecular complexity index is 926. The van der Waals surface area contributed by atoms with Crippen molar-refractivity contribution in [2.75, 3.05) is 11.9 Å². The van der Waals surface area contributed by atoms with Crippen molar-refractivity contribution in [2.45, 2.75) is 39.0 Å². The first kappa shape index (κ1) is 17.9. The minimum atomic E-state index is 0.260. The smallest absolute Gasteiger partial charge is 0.204 e. The van der Waals surface area contributed by atoms with E-state index in [1.54, 1.807) is 11.3 Å². The zero-order valence-corrected chi connectivity index (χ0v) is 17.3. The molecule has 1 aliphatic heterocycles. The first-order valence-corrected chi connectivity index (χ1v) is 10.9. The van der Waals surface area contributed by atoms with Crippen molar-refractivity contribution in [1.82, 2.24) is 14.7 Å². The first-order chi connectivity index (χ1) is 12.6. The van der Waals surface area contributed by atoms with Gasteiger partial charge in [-0.15, -0.1) is 16.4 Å². The van der Waals surface area contributed by atoms with Crippen molar-refractivity contribution < 1.29 is 0 Å². The molecule has 2 aromatic heterocycles. The summed E-state index contributed by atoms with van der Waals surface area (Å²) in [4.78, 5) is 3.98. The molecular formula is C19H22N4S3. The lowest BCUT2D eigenvalue weighted by molar-refractivity contribution is 0.157. The number of fused-ring (bicyclic) bond motifs is 1. The van der Waals surface area contributed by atoms with Crippen LogP contribution in [0.2, 0.25) is 0 Å². The maximum atomic E-state index is 5.57. The van der Waals surface area contributed by atoms with Gasteiger partial charge in [-0.3, -0.25) is 4.90 Å². The van der Waals surface area contributed by atoms with Crippen LogP contribution in [-0.4, -0.2) is 27.3 Å². The van der Waals surface area contributed by atoms with Crippen molar-refractivity contribution in [3.05, 3.63) is 61.7 Å². The predicted molar refractivity (Wildman–Crippen MR) is 113 cm³/mol. The Morgan fingerprint density at radius 3 is 2.85 bits per heavy atom. The van der Waals surface area contributed by atoms with Crippen LogP contribution in [0.3, 0.4) is 0 Å². The molecule has 0 unspecified atom stereocenters. The highest BCUT2D eigenvalue weighted by Crippen LogP contribution is 2.38. The van der Waals surface area contributed by atoms with E-state index in [2.05, 4.69) is 65.8 Å². The van der Waals surface area contributed by atoms with E-state index >= 15 is 0 Å². The molecule has 0 saturated heterocycles. The average molecular weight is 403 g/mol. The van der Waals surface area contributed by atoms with Crippen molar-refractivity contribution >= 4 is 40.0 Å². The van der Waals surface area contributed by atoms with Gasteiger partial charge in [0, 0.05) is 17.5 Å². The SMILES string of the molecule is CC(C)Nc1nn(CN2CCc3sccc3[C@H]2c2ccccc2)c(=S)s1. The summed E-state index contributed by atoms with van der Waals surface area (Å²) in [6, 6.07) is 13.6. The van der Waals surface area contributed by atoms with Crippen LogP contribution < -0.4 is 5.32 Å². The molecule has 0 fully saturated rings. The second kappa shape index (κ2) is 7.60. The highest BCUT2D eigenvalue weighted by atomic mass is 32.1. The van der Waals surface area contributed by atoms with Crippen LogP contribution in [0.1, 0.15) is 35.9 Å². The monoisotopic (exact) mass is 402 g/mol. The third-order valence-corrected chi connectivity index (χ3v) is 6.75. The molecule has 1 atom stereocenters. The minimum absolute atomic E-state index is 0.260. The van der Waals surface area contributed by atoms with Gasteiger partial charge in [0.2, 0.25) is 5.13 Å². The maximum absolute atomic E-state index is 5.57. The summed E-state index contributed by atoms with van der Waals surface area (Å²) < 4.78 is 2.77. The van der Waals surface area contributed by atoms with Crippen molar-refractivity contribution in [3.63, 3.8) is 0 Å². The van der Waals surface area contributed by atoms with Crippen LogP contribution in [0.5, 0.6) is 0 Å². The number of rotatable bonds is 5. The zero-order valence-electron chi connectivity index (χ0n) is 14.9. The van der Waals surface area contributed by atoms with Gasteiger partial charge in [0.1, 0.15) is 0 Å². The minimum Gasteiger partial charge on any atom is -0.358 e. The van der Waals surface area contributed by atoms with E-state index < -0.39 is 0 Å². The maximum Gasteiger partial charge on any atom is 0.204 e. The van der Waals surface area contributed by atoms with E-state index in [4.69, 9.17) is 17.3 Å². The molecule has 0 aliphatic carbocycles. The molecule has 1 N–H and O–H groups in total. The molecule has 4 nitrogen and oxygen atoms in total. The van der Waals surface area contributed by atoms with Gasteiger partial charge in [0.15, 0.2) is 3.95 Å². The van der Waals surface area contributed by atoms with E-state index in [9.17, 15) is 0 Å². The zero-order chi connectivity index (χ0) is 18.1. The molecule has 0 saturated carbocycles. The van der Waals surface area contributed by atoms with Gasteiger partial charge in [-0.05, 0) is 55.1 Å². The fraction of sp³-hybridized carbons (Fsp3) is 0.368. The number of hydrogen-bond donors (Lipinski definition) is 1. The number of thiophene rings is 1. The second-order valence-electron chi connectivity index (χ2n) is 6.79. The summed E-state index contributed by atoms with van der Waals surface area (Å²) in [7, 11) is 0. The van der Waals surface area contributed by atoms with Gasteiger partial charge in [-0.25, -0.2) is 4.68 Å². The largest absolute Gasteiger partial charge is 0.358 e. The molecule has 0 bridgehead atoms. The Morgan fingerprint density at radius 2 is 2.08 bits per heavy atom. The van der Waals surface area contributed by atoms with Gasteiger partial charge >= 0.3 is 0 Å². The number of nitrogens with one attached hydrogen (secondary N) is 1. The molecule has 4 rings (SSSR count). The quantitative estimate of drug-likeness (QED) is 0.598. The molecule has 1 aliphatic rings. The van der Waals surface area contributed by atoms with Crippen molar-refractivity contribution in [2.24, 2.45) is 0 Å². The molecule has 136 valence electrons. The molecule has 7 heteroatoms. The molecule has 0 spiro atoms. The van der Waals surface area contributed by atoms with Crippen LogP contribution in [0.15, 0.2) is 41.8 Å². The summed E-state index contributed by atoms with van der Waals surface area (Å²) in [5.74, 6) is 0. The van der Waals surface area contributed by atoms with Gasteiger partial charge < -0.3 is 5.32 Å². The predicted octanol–water partition coefficient (Wildman–Crippen LogP) is 5.16. The number of anilines is 1. The van der Waals surface area contributed by atoms with Crippen LogP contribution in [0, 0.1) is 3.95 Å². The highest BCUT2D eigenvalue weighted by Gasteiger charge is 2.30. The van der Waals surface area contributed by atoms with Crippen LogP contribution >= 0.6 is 34.9 Å². The third-order valence-electron chi connectivity index (χ3n) is 4.52. The molecule has 3 aromatic rings. The van der Waals surface area contributed by atoms with Gasteiger partial charge in [-0.2, -0.15) is 0 Å². The Balaban J connectivity index is 1.65. The number of hydrogen-bond acceptors (Lipinski definition) is 6. The second-order valence-corrected chi connectivity index (χ2v) is 9.41. The molecular weight excluding hydrogens is 380 g/mol. The van der Waals surface area contributed by atoms with Crippen LogP contribution in [0.4, 0.5) is 5.13 Å². The van der Waals surface area contributed by atoms with Gasteiger partial charge in [0.25, 0.3) is 0 Å². The molecule has 26 heavy (non-hydrogen) atoms. The fourth-order valence-corrected chi connectivity index (χ4v) is 5.46. The topological polar surface area (TPSA) is 33.1 Å². The lowest BCUT2D eigenvalue weighted by Gasteiger charge is -2.36. The summed E-state index contributed by atoms with van der Waals surface area (Å²) in [5, 5.41) is 11.2. The Hall–Kier alpha value is -1.54. The number of nitrogens with zero attached hydrogens (tertiary/aromatic N) is 3. The summed E-state index contributed by atoms with van der Waals surface area (Å²) in [6.45, 7) is 5.95. The van der Waals surface area contributed by atoms with E-state index in [0.29, 0.717) is 12.7 Å². The van der Waals surface area contributed by atoms with Gasteiger partial charge in [-0.1, -0.05) is 41.7 Å². The number of aromatic nitrogens is 2. The van der Waals surface area contributed by atoms with Crippen LogP contribution in [-0.2, 0) is 13.1 Å². The molecule has 0 amide bonds. The lowest BCUT2D eigenvalue weighted by atomic mass is 9.94. The third kappa shape index (κ3) is 3.62. The van der Waals surface area contributed by atoms with E-state index in [-0.39, 0.29) is 6.04 Å². The summed E-state index contributed by atoms with van der Waals surface area (Å²) in [6.07, 6.45) is 1.09. The Labute approximate surface area is 167 Å². The normalized spacial score (nSPS) is 17.4. The standard InChI is InChI=1S/C19H22N4S3/c1-13(2)20-18-21-23(19(24)26-18)12-22-10-8-16-15(9-11-25-16)17(22)14-6-4-3-5-7-14/h3-7,9,11,13,17H,8,10,12H2,1-2H3,(H,20,21)/t17-/m1/s1. The first-order valence-electron chi connectivity index (χ1n) is 8.81. The van der Waals surface area contributed by atoms with E-state index in [1.165, 1.54) is 16.0 Å².